The molecule has 0 aliphatic rings. The number of phenolic OH excluding ortho intramolecular Hbond substituents is 1. The number of hydrogen-bond donors (Lipinski definition) is 2. The van der Waals surface area contributed by atoms with Crippen LogP contribution >= 0.6 is 0 Å². The van der Waals surface area contributed by atoms with E-state index in [9.17, 15) is 0 Å². The van der Waals surface area contributed by atoms with E-state index in [0.717, 1.165) is 6.42 Å². The lowest BCUT2D eigenvalue weighted by Crippen LogP contribution is -2.29. The Morgan fingerprint density at radius 2 is 2.00 bits per heavy atom. The molecule has 84 valence electrons. The molecule has 0 spiro atoms. The van der Waals surface area contributed by atoms with Gasteiger partial charge in [0.1, 0.15) is 18.1 Å². The van der Waals surface area contributed by atoms with E-state index in [0.29, 0.717) is 19.0 Å². The van der Waals surface area contributed by atoms with Crippen LogP contribution in [0.4, 0.5) is 0 Å². The van der Waals surface area contributed by atoms with Crippen LogP contribution < -0.4 is 10.5 Å². The summed E-state index contributed by atoms with van der Waals surface area (Å²) in [6, 6.07) is 6.54. The van der Waals surface area contributed by atoms with Crippen LogP contribution in [-0.4, -0.2) is 31.5 Å². The molecule has 0 aliphatic heterocycles. The minimum absolute atomic E-state index is 0.0289. The van der Waals surface area contributed by atoms with Crippen LogP contribution in [0.2, 0.25) is 0 Å². The fourth-order valence-electron chi connectivity index (χ4n) is 1.10. The Hall–Kier alpha value is -1.26. The summed E-state index contributed by atoms with van der Waals surface area (Å²) in [5.41, 5.74) is 5.78. The van der Waals surface area contributed by atoms with Gasteiger partial charge < -0.3 is 20.3 Å². The molecular weight excluding hydrogens is 194 g/mol. The van der Waals surface area contributed by atoms with Crippen molar-refractivity contribution in [2.45, 2.75) is 12.5 Å². The molecule has 0 radical (unpaired) electrons. The first kappa shape index (κ1) is 11.8. The Morgan fingerprint density at radius 3 is 2.60 bits per heavy atom. The molecule has 0 bridgehead atoms. The second kappa shape index (κ2) is 6.27. The molecule has 0 amide bonds. The number of ether oxygens (including phenoxy) is 2. The third kappa shape index (κ3) is 4.67. The number of rotatable bonds is 6. The van der Waals surface area contributed by atoms with Crippen LogP contribution in [0.5, 0.6) is 11.5 Å². The molecule has 0 aromatic heterocycles. The van der Waals surface area contributed by atoms with Crippen LogP contribution in [0.25, 0.3) is 0 Å². The van der Waals surface area contributed by atoms with Crippen LogP contribution in [0.1, 0.15) is 6.42 Å². The van der Waals surface area contributed by atoms with Crippen molar-refractivity contribution in [3.63, 3.8) is 0 Å². The van der Waals surface area contributed by atoms with E-state index in [1.54, 1.807) is 31.4 Å². The minimum atomic E-state index is -0.0289. The molecule has 0 saturated carbocycles. The summed E-state index contributed by atoms with van der Waals surface area (Å²) in [6.45, 7) is 1.09. The van der Waals surface area contributed by atoms with E-state index in [1.165, 1.54) is 0 Å². The molecule has 3 N–H and O–H groups in total. The highest BCUT2D eigenvalue weighted by molar-refractivity contribution is 5.30. The lowest BCUT2D eigenvalue weighted by molar-refractivity contribution is 0.175. The van der Waals surface area contributed by atoms with Gasteiger partial charge in [0.05, 0.1) is 0 Å². The number of nitrogens with two attached hydrogens (primary N) is 1. The number of aromatic hydroxyl groups is 1. The summed E-state index contributed by atoms with van der Waals surface area (Å²) in [4.78, 5) is 0. The Balaban J connectivity index is 2.27. The van der Waals surface area contributed by atoms with Gasteiger partial charge in [0.2, 0.25) is 0 Å². The van der Waals surface area contributed by atoms with Gasteiger partial charge in [-0.15, -0.1) is 0 Å². The summed E-state index contributed by atoms with van der Waals surface area (Å²) in [7, 11) is 1.65. The maximum Gasteiger partial charge on any atom is 0.119 e. The second-order valence-corrected chi connectivity index (χ2v) is 3.35. The lowest BCUT2D eigenvalue weighted by atomic mass is 10.2. The fourth-order valence-corrected chi connectivity index (χ4v) is 1.10. The van der Waals surface area contributed by atoms with E-state index < -0.39 is 0 Å². The average Bonchev–Trinajstić information content (AvgIpc) is 2.25. The van der Waals surface area contributed by atoms with E-state index in [2.05, 4.69) is 0 Å². The number of hydrogen-bond acceptors (Lipinski definition) is 4. The first-order valence-corrected chi connectivity index (χ1v) is 4.88. The molecule has 1 rings (SSSR count). The summed E-state index contributed by atoms with van der Waals surface area (Å²) in [6.07, 6.45) is 0.772. The molecule has 15 heavy (non-hydrogen) atoms. The lowest BCUT2D eigenvalue weighted by Gasteiger charge is -2.12. The van der Waals surface area contributed by atoms with E-state index in [-0.39, 0.29) is 11.8 Å². The van der Waals surface area contributed by atoms with Crippen molar-refractivity contribution in [1.29, 1.82) is 0 Å². The molecule has 1 aromatic carbocycles. The zero-order valence-corrected chi connectivity index (χ0v) is 8.85. The minimum Gasteiger partial charge on any atom is -0.508 e. The maximum atomic E-state index is 9.05. The normalized spacial score (nSPS) is 12.4. The summed E-state index contributed by atoms with van der Waals surface area (Å²) < 4.78 is 10.3. The Morgan fingerprint density at radius 1 is 1.33 bits per heavy atom. The van der Waals surface area contributed by atoms with Gasteiger partial charge in [0.25, 0.3) is 0 Å². The second-order valence-electron chi connectivity index (χ2n) is 3.35. The van der Waals surface area contributed by atoms with Crippen molar-refractivity contribution < 1.29 is 14.6 Å². The molecule has 0 saturated heterocycles. The Bertz CT molecular complexity index is 274. The van der Waals surface area contributed by atoms with Crippen LogP contribution in [0.3, 0.4) is 0 Å². The van der Waals surface area contributed by atoms with E-state index >= 15 is 0 Å². The molecule has 4 nitrogen and oxygen atoms in total. The number of phenols is 1. The van der Waals surface area contributed by atoms with Crippen LogP contribution in [0.15, 0.2) is 24.3 Å². The van der Waals surface area contributed by atoms with E-state index in [4.69, 9.17) is 20.3 Å². The molecule has 1 unspecified atom stereocenters. The number of benzene rings is 1. The molecule has 0 heterocycles. The molecule has 0 aliphatic carbocycles. The Labute approximate surface area is 89.6 Å². The van der Waals surface area contributed by atoms with Crippen molar-refractivity contribution in [1.82, 2.24) is 0 Å². The zero-order chi connectivity index (χ0) is 11.1. The van der Waals surface area contributed by atoms with Gasteiger partial charge in [-0.1, -0.05) is 0 Å². The van der Waals surface area contributed by atoms with Gasteiger partial charge in [-0.3, -0.25) is 0 Å². The van der Waals surface area contributed by atoms with Gasteiger partial charge in [-0.25, -0.2) is 0 Å². The Kier molecular flexibility index (Phi) is 4.93. The summed E-state index contributed by atoms with van der Waals surface area (Å²) >= 11 is 0. The van der Waals surface area contributed by atoms with E-state index in [1.807, 2.05) is 0 Å². The highest BCUT2D eigenvalue weighted by Crippen LogP contribution is 2.15. The fraction of sp³-hybridized carbons (Fsp3) is 0.455. The largest absolute Gasteiger partial charge is 0.508 e. The molecule has 1 aromatic rings. The monoisotopic (exact) mass is 211 g/mol. The van der Waals surface area contributed by atoms with Gasteiger partial charge in [-0.05, 0) is 30.7 Å². The molecule has 1 atom stereocenters. The smallest absolute Gasteiger partial charge is 0.119 e. The van der Waals surface area contributed by atoms with Crippen molar-refractivity contribution in [2.24, 2.45) is 5.73 Å². The first-order chi connectivity index (χ1) is 7.22. The predicted molar refractivity (Wildman–Crippen MR) is 58.1 cm³/mol. The standard InChI is InChI=1S/C11H17NO3/c1-14-7-6-9(12)8-15-11-4-2-10(13)3-5-11/h2-5,9,13H,6-8,12H2,1H3. The van der Waals surface area contributed by atoms with Crippen molar-refractivity contribution in [2.75, 3.05) is 20.3 Å². The predicted octanol–water partition coefficient (Wildman–Crippen LogP) is 1.13. The third-order valence-corrected chi connectivity index (χ3v) is 1.99. The van der Waals surface area contributed by atoms with Crippen molar-refractivity contribution in [3.05, 3.63) is 24.3 Å². The number of methoxy groups -OCH3 is 1. The van der Waals surface area contributed by atoms with Crippen molar-refractivity contribution in [3.8, 4) is 11.5 Å². The summed E-state index contributed by atoms with van der Waals surface area (Å²) in [5.74, 6) is 0.937. The SMILES string of the molecule is COCCC(N)COc1ccc(O)cc1. The molecular formula is C11H17NO3. The van der Waals surface area contributed by atoms with Gasteiger partial charge in [0.15, 0.2) is 0 Å². The highest BCUT2D eigenvalue weighted by atomic mass is 16.5. The summed E-state index contributed by atoms with van der Waals surface area (Å²) in [5, 5.41) is 9.05. The highest BCUT2D eigenvalue weighted by Gasteiger charge is 2.03. The van der Waals surface area contributed by atoms with Crippen LogP contribution in [0, 0.1) is 0 Å². The van der Waals surface area contributed by atoms with Crippen LogP contribution in [-0.2, 0) is 4.74 Å². The van der Waals surface area contributed by atoms with Gasteiger partial charge in [-0.2, -0.15) is 0 Å². The molecule has 0 fully saturated rings. The van der Waals surface area contributed by atoms with Crippen molar-refractivity contribution >= 4 is 0 Å². The maximum absolute atomic E-state index is 9.05. The topological polar surface area (TPSA) is 64.7 Å². The van der Waals surface area contributed by atoms with Gasteiger partial charge >= 0.3 is 0 Å². The third-order valence-electron chi connectivity index (χ3n) is 1.99. The average molecular weight is 211 g/mol. The quantitative estimate of drug-likeness (QED) is 0.740. The first-order valence-electron chi connectivity index (χ1n) is 4.88. The molecule has 4 heteroatoms. The zero-order valence-electron chi connectivity index (χ0n) is 8.85. The van der Waals surface area contributed by atoms with Gasteiger partial charge in [0, 0.05) is 19.8 Å².